The second-order valence-corrected chi connectivity index (χ2v) is 8.77. The summed E-state index contributed by atoms with van der Waals surface area (Å²) in [4.78, 5) is 19.6. The third kappa shape index (κ3) is 4.82. The Morgan fingerprint density at radius 1 is 1.07 bits per heavy atom. The van der Waals surface area contributed by atoms with Gasteiger partial charge >= 0.3 is 0 Å². The van der Waals surface area contributed by atoms with E-state index in [-0.39, 0.29) is 5.91 Å². The molecule has 2 aliphatic heterocycles. The van der Waals surface area contributed by atoms with Gasteiger partial charge in [0.1, 0.15) is 0 Å². The van der Waals surface area contributed by atoms with Gasteiger partial charge in [-0.15, -0.1) is 0 Å². The fourth-order valence-electron chi connectivity index (χ4n) is 3.86. The van der Waals surface area contributed by atoms with Gasteiger partial charge in [0.15, 0.2) is 0 Å². The first-order valence-corrected chi connectivity index (χ1v) is 10.9. The molecule has 148 valence electrons. The van der Waals surface area contributed by atoms with Crippen molar-refractivity contribution in [2.45, 2.75) is 13.0 Å². The molecule has 0 fully saturated rings. The van der Waals surface area contributed by atoms with Crippen LogP contribution >= 0.6 is 22.6 Å². The van der Waals surface area contributed by atoms with Crippen LogP contribution in [0.3, 0.4) is 0 Å². The number of carbonyl (C=O) groups excluding carboxylic acids is 1. The second kappa shape index (κ2) is 9.02. The van der Waals surface area contributed by atoms with Crippen LogP contribution in [0, 0.1) is 15.4 Å². The van der Waals surface area contributed by atoms with Crippen LogP contribution in [0.15, 0.2) is 65.9 Å². The predicted molar refractivity (Wildman–Crippen MR) is 124 cm³/mol. The number of hydrogen-bond acceptors (Lipinski definition) is 3. The van der Waals surface area contributed by atoms with E-state index < -0.39 is 0 Å². The van der Waals surface area contributed by atoms with E-state index in [1.807, 2.05) is 35.2 Å². The molecule has 0 radical (unpaired) electrons. The summed E-state index contributed by atoms with van der Waals surface area (Å²) in [6.45, 7) is 3.59. The molecular formula is C24H24IN3O. The molecule has 0 spiro atoms. The lowest BCUT2D eigenvalue weighted by Crippen LogP contribution is -2.50. The number of hydrogen-bond donors (Lipinski definition) is 0. The minimum Gasteiger partial charge on any atom is -0.360 e. The van der Waals surface area contributed by atoms with E-state index in [4.69, 9.17) is 0 Å². The molecular weight excluding hydrogens is 473 g/mol. The average Bonchev–Trinajstić information content (AvgIpc) is 2.74. The van der Waals surface area contributed by atoms with Crippen molar-refractivity contribution in [3.05, 3.63) is 80.6 Å². The van der Waals surface area contributed by atoms with E-state index in [9.17, 15) is 4.79 Å². The summed E-state index contributed by atoms with van der Waals surface area (Å²) in [5.74, 6) is 6.68. The molecule has 0 N–H and O–H groups in total. The van der Waals surface area contributed by atoms with Gasteiger partial charge in [-0.1, -0.05) is 42.2 Å². The standard InChI is InChI=1S/C24H24IN3O/c1-26-18-28(16-20-6-3-2-4-7-20)24(29)22-17-27(15-13-23(22)26)14-5-8-19-9-11-21(25)12-10-19/h2-4,6-7,9-12H,13-18H2,1H3. The van der Waals surface area contributed by atoms with Gasteiger partial charge in [0.25, 0.3) is 5.91 Å². The first-order valence-electron chi connectivity index (χ1n) is 9.83. The summed E-state index contributed by atoms with van der Waals surface area (Å²) >= 11 is 2.30. The lowest BCUT2D eigenvalue weighted by molar-refractivity contribution is -0.131. The van der Waals surface area contributed by atoms with Crippen LogP contribution in [-0.4, -0.2) is 54.0 Å². The first-order chi connectivity index (χ1) is 14.1. The van der Waals surface area contributed by atoms with Crippen molar-refractivity contribution >= 4 is 28.5 Å². The van der Waals surface area contributed by atoms with Crippen molar-refractivity contribution in [2.75, 3.05) is 33.4 Å². The minimum absolute atomic E-state index is 0.164. The van der Waals surface area contributed by atoms with Gasteiger partial charge in [-0.05, 0) is 52.4 Å². The maximum Gasteiger partial charge on any atom is 0.254 e. The fourth-order valence-corrected chi connectivity index (χ4v) is 4.22. The maximum absolute atomic E-state index is 13.2. The van der Waals surface area contributed by atoms with Crippen molar-refractivity contribution in [1.82, 2.24) is 14.7 Å². The van der Waals surface area contributed by atoms with Gasteiger partial charge in [-0.2, -0.15) is 0 Å². The van der Waals surface area contributed by atoms with Gasteiger partial charge in [-0.25, -0.2) is 0 Å². The van der Waals surface area contributed by atoms with Crippen LogP contribution < -0.4 is 0 Å². The molecule has 4 rings (SSSR count). The smallest absolute Gasteiger partial charge is 0.254 e. The molecule has 4 nitrogen and oxygen atoms in total. The number of rotatable bonds is 3. The molecule has 2 heterocycles. The Hall–Kier alpha value is -2.30. The quantitative estimate of drug-likeness (QED) is 0.480. The highest BCUT2D eigenvalue weighted by atomic mass is 127. The van der Waals surface area contributed by atoms with Crippen LogP contribution in [0.4, 0.5) is 0 Å². The number of benzene rings is 2. The molecule has 5 heteroatoms. The van der Waals surface area contributed by atoms with Crippen LogP contribution in [0.1, 0.15) is 17.5 Å². The topological polar surface area (TPSA) is 26.8 Å². The van der Waals surface area contributed by atoms with E-state index >= 15 is 0 Å². The molecule has 2 aromatic carbocycles. The average molecular weight is 497 g/mol. The Morgan fingerprint density at radius 3 is 2.59 bits per heavy atom. The van der Waals surface area contributed by atoms with Crippen molar-refractivity contribution in [2.24, 2.45) is 0 Å². The third-order valence-electron chi connectivity index (χ3n) is 5.38. The van der Waals surface area contributed by atoms with Crippen LogP contribution in [0.25, 0.3) is 0 Å². The first kappa shape index (κ1) is 20.0. The van der Waals surface area contributed by atoms with Gasteiger partial charge in [-0.3, -0.25) is 9.69 Å². The lowest BCUT2D eigenvalue weighted by atomic mass is 10.0. The maximum atomic E-state index is 13.2. The predicted octanol–water partition coefficient (Wildman–Crippen LogP) is 3.53. The van der Waals surface area contributed by atoms with Crippen molar-refractivity contribution in [3.8, 4) is 11.8 Å². The molecule has 1 amide bonds. The summed E-state index contributed by atoms with van der Waals surface area (Å²) in [7, 11) is 2.09. The van der Waals surface area contributed by atoms with Gasteiger partial charge in [0, 0.05) is 47.9 Å². The summed E-state index contributed by atoms with van der Waals surface area (Å²) in [5, 5.41) is 0. The molecule has 0 atom stereocenters. The number of halogens is 1. The zero-order valence-electron chi connectivity index (χ0n) is 16.6. The van der Waals surface area contributed by atoms with E-state index in [2.05, 4.69) is 75.5 Å². The lowest BCUT2D eigenvalue weighted by Gasteiger charge is -2.42. The van der Waals surface area contributed by atoms with Gasteiger partial charge in [0.05, 0.1) is 18.8 Å². The number of carbonyl (C=O) groups is 1. The zero-order valence-corrected chi connectivity index (χ0v) is 18.7. The molecule has 0 aliphatic carbocycles. The summed E-state index contributed by atoms with van der Waals surface area (Å²) in [6, 6.07) is 18.4. The minimum atomic E-state index is 0.164. The Kier molecular flexibility index (Phi) is 6.22. The van der Waals surface area contributed by atoms with E-state index in [1.165, 1.54) is 9.27 Å². The molecule has 0 bridgehead atoms. The van der Waals surface area contributed by atoms with E-state index in [0.717, 1.165) is 29.7 Å². The van der Waals surface area contributed by atoms with Gasteiger partial charge < -0.3 is 9.80 Å². The molecule has 2 aliphatic rings. The molecule has 0 aromatic heterocycles. The van der Waals surface area contributed by atoms with Gasteiger partial charge in [0.2, 0.25) is 0 Å². The summed E-state index contributed by atoms with van der Waals surface area (Å²) < 4.78 is 1.21. The highest BCUT2D eigenvalue weighted by Gasteiger charge is 2.33. The van der Waals surface area contributed by atoms with E-state index in [1.54, 1.807) is 0 Å². The van der Waals surface area contributed by atoms with E-state index in [0.29, 0.717) is 26.3 Å². The second-order valence-electron chi connectivity index (χ2n) is 7.52. The van der Waals surface area contributed by atoms with Crippen molar-refractivity contribution in [1.29, 1.82) is 0 Å². The molecule has 29 heavy (non-hydrogen) atoms. The van der Waals surface area contributed by atoms with Crippen LogP contribution in [-0.2, 0) is 11.3 Å². The Morgan fingerprint density at radius 2 is 1.83 bits per heavy atom. The summed E-state index contributed by atoms with van der Waals surface area (Å²) in [6.07, 6.45) is 0.905. The van der Waals surface area contributed by atoms with Crippen LogP contribution in [0.2, 0.25) is 0 Å². The Balaban J connectivity index is 1.43. The summed E-state index contributed by atoms with van der Waals surface area (Å²) in [5.41, 5.74) is 4.32. The normalized spacial score (nSPS) is 17.1. The zero-order chi connectivity index (χ0) is 20.2. The fraction of sp³-hybridized carbons (Fsp3) is 0.292. The highest BCUT2D eigenvalue weighted by molar-refractivity contribution is 14.1. The Bertz CT molecular complexity index is 973. The molecule has 0 unspecified atom stereocenters. The highest BCUT2D eigenvalue weighted by Crippen LogP contribution is 2.27. The van der Waals surface area contributed by atoms with Crippen molar-refractivity contribution < 1.29 is 4.79 Å². The third-order valence-corrected chi connectivity index (χ3v) is 6.10. The largest absolute Gasteiger partial charge is 0.360 e. The van der Waals surface area contributed by atoms with Crippen LogP contribution in [0.5, 0.6) is 0 Å². The molecule has 0 saturated carbocycles. The monoisotopic (exact) mass is 497 g/mol. The Labute approximate surface area is 186 Å². The number of nitrogens with zero attached hydrogens (tertiary/aromatic N) is 3. The molecule has 0 saturated heterocycles. The molecule has 2 aromatic rings. The SMILES string of the molecule is CN1CN(Cc2ccccc2)C(=O)C2=C1CCN(CC#Cc1ccc(I)cc1)C2. The number of amides is 1. The van der Waals surface area contributed by atoms with Crippen molar-refractivity contribution in [3.63, 3.8) is 0 Å².